The van der Waals surface area contributed by atoms with Crippen LogP contribution in [-0.2, 0) is 0 Å². The molecule has 80 valence electrons. The van der Waals surface area contributed by atoms with Gasteiger partial charge in [-0.2, -0.15) is 5.26 Å². The third kappa shape index (κ3) is 5.07. The SMILES string of the molecule is CC/C(C)=C/CCC(C)(CC)CC#N. The van der Waals surface area contributed by atoms with Crippen LogP contribution >= 0.6 is 0 Å². The highest BCUT2D eigenvalue weighted by Gasteiger charge is 2.20. The van der Waals surface area contributed by atoms with Crippen molar-refractivity contribution in [1.82, 2.24) is 0 Å². The lowest BCUT2D eigenvalue weighted by Gasteiger charge is -2.24. The molecule has 0 N–H and O–H groups in total. The van der Waals surface area contributed by atoms with Gasteiger partial charge in [0.2, 0.25) is 0 Å². The first kappa shape index (κ1) is 13.2. The van der Waals surface area contributed by atoms with E-state index in [2.05, 4.69) is 39.8 Å². The first-order chi connectivity index (χ1) is 6.58. The van der Waals surface area contributed by atoms with Gasteiger partial charge in [0.15, 0.2) is 0 Å². The normalized spacial score (nSPS) is 16.1. The van der Waals surface area contributed by atoms with Crippen LogP contribution < -0.4 is 0 Å². The maximum absolute atomic E-state index is 8.72. The molecule has 0 rings (SSSR count). The lowest BCUT2D eigenvalue weighted by atomic mass is 9.80. The topological polar surface area (TPSA) is 23.8 Å². The summed E-state index contributed by atoms with van der Waals surface area (Å²) in [6, 6.07) is 2.29. The van der Waals surface area contributed by atoms with E-state index < -0.39 is 0 Å². The Labute approximate surface area is 88.8 Å². The minimum Gasteiger partial charge on any atom is -0.198 e. The number of hydrogen-bond acceptors (Lipinski definition) is 1. The van der Waals surface area contributed by atoms with Crippen LogP contribution in [0.2, 0.25) is 0 Å². The molecule has 0 aromatic carbocycles. The highest BCUT2D eigenvalue weighted by atomic mass is 14.3. The molecule has 0 aromatic heterocycles. The van der Waals surface area contributed by atoms with Crippen molar-refractivity contribution in [1.29, 1.82) is 5.26 Å². The molecule has 0 heterocycles. The van der Waals surface area contributed by atoms with Gasteiger partial charge in [-0.05, 0) is 38.0 Å². The number of rotatable bonds is 6. The van der Waals surface area contributed by atoms with Crippen LogP contribution in [-0.4, -0.2) is 0 Å². The molecule has 0 radical (unpaired) electrons. The largest absolute Gasteiger partial charge is 0.198 e. The highest BCUT2D eigenvalue weighted by Crippen LogP contribution is 2.31. The smallest absolute Gasteiger partial charge is 0.0627 e. The van der Waals surface area contributed by atoms with E-state index in [4.69, 9.17) is 5.26 Å². The summed E-state index contributed by atoms with van der Waals surface area (Å²) in [4.78, 5) is 0. The zero-order chi connectivity index (χ0) is 11.0. The van der Waals surface area contributed by atoms with Crippen molar-refractivity contribution in [3.8, 4) is 6.07 Å². The second-order valence-corrected chi connectivity index (χ2v) is 4.44. The minimum absolute atomic E-state index is 0.221. The Morgan fingerprint density at radius 2 is 2.07 bits per heavy atom. The van der Waals surface area contributed by atoms with E-state index in [1.54, 1.807) is 0 Å². The quantitative estimate of drug-likeness (QED) is 0.572. The summed E-state index contributed by atoms with van der Waals surface area (Å²) >= 11 is 0. The van der Waals surface area contributed by atoms with E-state index in [9.17, 15) is 0 Å². The van der Waals surface area contributed by atoms with Crippen LogP contribution in [0.3, 0.4) is 0 Å². The molecule has 0 aromatic rings. The van der Waals surface area contributed by atoms with Gasteiger partial charge in [0.05, 0.1) is 6.07 Å². The fraction of sp³-hybridized carbons (Fsp3) is 0.769. The number of allylic oxidation sites excluding steroid dienone is 2. The van der Waals surface area contributed by atoms with Gasteiger partial charge >= 0.3 is 0 Å². The van der Waals surface area contributed by atoms with E-state index in [0.717, 1.165) is 25.7 Å². The molecule has 0 amide bonds. The van der Waals surface area contributed by atoms with E-state index in [1.807, 2.05) is 0 Å². The Kier molecular flexibility index (Phi) is 6.28. The van der Waals surface area contributed by atoms with Gasteiger partial charge in [0.25, 0.3) is 0 Å². The van der Waals surface area contributed by atoms with Crippen LogP contribution in [0.25, 0.3) is 0 Å². The van der Waals surface area contributed by atoms with Gasteiger partial charge in [0, 0.05) is 6.42 Å². The number of nitriles is 1. The summed E-state index contributed by atoms with van der Waals surface area (Å²) < 4.78 is 0. The molecule has 1 unspecified atom stereocenters. The molecule has 1 atom stereocenters. The molecule has 0 aliphatic carbocycles. The van der Waals surface area contributed by atoms with Crippen molar-refractivity contribution in [2.45, 2.75) is 59.8 Å². The molecular weight excluding hydrogens is 170 g/mol. The molecular formula is C13H23N. The van der Waals surface area contributed by atoms with Crippen molar-refractivity contribution in [2.24, 2.45) is 5.41 Å². The Morgan fingerprint density at radius 3 is 2.50 bits per heavy atom. The molecule has 0 spiro atoms. The van der Waals surface area contributed by atoms with E-state index in [-0.39, 0.29) is 5.41 Å². The van der Waals surface area contributed by atoms with Crippen molar-refractivity contribution < 1.29 is 0 Å². The summed E-state index contributed by atoms with van der Waals surface area (Å²) in [5.74, 6) is 0. The summed E-state index contributed by atoms with van der Waals surface area (Å²) in [5.41, 5.74) is 1.68. The molecule has 0 fully saturated rings. The van der Waals surface area contributed by atoms with Gasteiger partial charge in [-0.15, -0.1) is 0 Å². The first-order valence-electron chi connectivity index (χ1n) is 5.60. The van der Waals surface area contributed by atoms with Crippen LogP contribution in [0.1, 0.15) is 59.8 Å². The molecule has 1 heteroatoms. The fourth-order valence-corrected chi connectivity index (χ4v) is 1.39. The summed E-state index contributed by atoms with van der Waals surface area (Å²) in [6.45, 7) is 8.74. The van der Waals surface area contributed by atoms with Crippen LogP contribution in [0.4, 0.5) is 0 Å². The van der Waals surface area contributed by atoms with Crippen LogP contribution in [0, 0.1) is 16.7 Å². The minimum atomic E-state index is 0.221. The molecule has 0 saturated heterocycles. The second-order valence-electron chi connectivity index (χ2n) is 4.44. The van der Waals surface area contributed by atoms with E-state index in [1.165, 1.54) is 5.57 Å². The van der Waals surface area contributed by atoms with Gasteiger partial charge in [-0.25, -0.2) is 0 Å². The average molecular weight is 193 g/mol. The van der Waals surface area contributed by atoms with Crippen LogP contribution in [0.15, 0.2) is 11.6 Å². The van der Waals surface area contributed by atoms with Crippen molar-refractivity contribution in [2.75, 3.05) is 0 Å². The van der Waals surface area contributed by atoms with Crippen molar-refractivity contribution in [3.05, 3.63) is 11.6 Å². The van der Waals surface area contributed by atoms with Gasteiger partial charge < -0.3 is 0 Å². The monoisotopic (exact) mass is 193 g/mol. The van der Waals surface area contributed by atoms with E-state index in [0.29, 0.717) is 6.42 Å². The van der Waals surface area contributed by atoms with Crippen LogP contribution in [0.5, 0.6) is 0 Å². The lowest BCUT2D eigenvalue weighted by molar-refractivity contribution is 0.294. The Hall–Kier alpha value is -0.770. The molecule has 0 saturated carbocycles. The van der Waals surface area contributed by atoms with Crippen molar-refractivity contribution >= 4 is 0 Å². The van der Waals surface area contributed by atoms with E-state index >= 15 is 0 Å². The molecule has 0 aliphatic rings. The fourth-order valence-electron chi connectivity index (χ4n) is 1.39. The standard InChI is InChI=1S/C13H23N/c1-5-12(3)8-7-9-13(4,6-2)10-11-14/h8H,5-7,9-10H2,1-4H3/b12-8+. The van der Waals surface area contributed by atoms with Gasteiger partial charge in [-0.3, -0.25) is 0 Å². The third-order valence-electron chi connectivity index (χ3n) is 3.16. The Morgan fingerprint density at radius 1 is 1.43 bits per heavy atom. The summed E-state index contributed by atoms with van der Waals surface area (Å²) in [5, 5.41) is 8.72. The number of hydrogen-bond donors (Lipinski definition) is 0. The zero-order valence-corrected chi connectivity index (χ0v) is 10.1. The first-order valence-corrected chi connectivity index (χ1v) is 5.60. The maximum Gasteiger partial charge on any atom is 0.0627 e. The Bertz CT molecular complexity index is 222. The second kappa shape index (κ2) is 6.65. The predicted octanol–water partition coefficient (Wildman–Crippen LogP) is 4.45. The maximum atomic E-state index is 8.72. The van der Waals surface area contributed by atoms with Gasteiger partial charge in [-0.1, -0.05) is 32.4 Å². The summed E-state index contributed by atoms with van der Waals surface area (Å²) in [6.07, 6.45) is 7.48. The highest BCUT2D eigenvalue weighted by molar-refractivity contribution is 4.97. The molecule has 0 aliphatic heterocycles. The lowest BCUT2D eigenvalue weighted by Crippen LogP contribution is -2.13. The van der Waals surface area contributed by atoms with Gasteiger partial charge in [0.1, 0.15) is 0 Å². The zero-order valence-electron chi connectivity index (χ0n) is 10.1. The van der Waals surface area contributed by atoms with Crippen molar-refractivity contribution in [3.63, 3.8) is 0 Å². The third-order valence-corrected chi connectivity index (χ3v) is 3.16. The summed E-state index contributed by atoms with van der Waals surface area (Å²) in [7, 11) is 0. The average Bonchev–Trinajstić information content (AvgIpc) is 2.18. The molecule has 14 heavy (non-hydrogen) atoms. The predicted molar refractivity (Wildman–Crippen MR) is 61.9 cm³/mol. The molecule has 1 nitrogen and oxygen atoms in total. The Balaban J connectivity index is 4.03. The molecule has 0 bridgehead atoms. The number of nitrogens with zero attached hydrogens (tertiary/aromatic N) is 1.